The zero-order chi connectivity index (χ0) is 14.0. The number of aliphatic hydroxyl groups is 1. The Bertz CT molecular complexity index is 359. The van der Waals surface area contributed by atoms with Crippen molar-refractivity contribution >= 4 is 11.8 Å². The van der Waals surface area contributed by atoms with E-state index >= 15 is 0 Å². The molecule has 0 aromatic rings. The summed E-state index contributed by atoms with van der Waals surface area (Å²) >= 11 is 0. The largest absolute Gasteiger partial charge is 0.393 e. The van der Waals surface area contributed by atoms with Crippen molar-refractivity contribution in [1.29, 1.82) is 0 Å². The molecule has 1 saturated carbocycles. The monoisotopic (exact) mass is 268 g/mol. The predicted octanol–water partition coefficient (Wildman–Crippen LogP) is 0.617. The number of nitrogens with zero attached hydrogens (tertiary/aromatic N) is 2. The van der Waals surface area contributed by atoms with Crippen LogP contribution in [0.5, 0.6) is 0 Å². The van der Waals surface area contributed by atoms with E-state index in [1.54, 1.807) is 16.8 Å². The molecule has 19 heavy (non-hydrogen) atoms. The number of carbonyl (C=O) groups excluding carboxylic acids is 2. The molecule has 1 N–H and O–H groups in total. The summed E-state index contributed by atoms with van der Waals surface area (Å²) < 4.78 is 0. The minimum atomic E-state index is -0.291. The normalized spacial score (nSPS) is 30.7. The number of likely N-dealkylation sites (N-methyl/N-ethyl adjacent to an activating group) is 1. The topological polar surface area (TPSA) is 60.9 Å². The van der Waals surface area contributed by atoms with Crippen molar-refractivity contribution in [2.24, 2.45) is 5.92 Å². The van der Waals surface area contributed by atoms with Crippen molar-refractivity contribution in [2.45, 2.75) is 51.2 Å². The lowest BCUT2D eigenvalue weighted by atomic mass is 10.0. The number of likely N-dealkylation sites (tertiary alicyclic amines) is 1. The molecule has 0 spiro atoms. The van der Waals surface area contributed by atoms with Crippen LogP contribution in [0.15, 0.2) is 0 Å². The molecule has 0 aromatic carbocycles. The fourth-order valence-electron chi connectivity index (χ4n) is 3.33. The second-order valence-corrected chi connectivity index (χ2v) is 5.85. The molecule has 2 amide bonds. The number of rotatable bonds is 3. The Kier molecular flexibility index (Phi) is 4.45. The minimum absolute atomic E-state index is 0.0202. The lowest BCUT2D eigenvalue weighted by Crippen LogP contribution is -2.47. The van der Waals surface area contributed by atoms with Crippen LogP contribution in [0, 0.1) is 5.92 Å². The first-order chi connectivity index (χ1) is 9.00. The highest BCUT2D eigenvalue weighted by atomic mass is 16.3. The van der Waals surface area contributed by atoms with Crippen LogP contribution in [0.4, 0.5) is 0 Å². The highest BCUT2D eigenvalue weighted by Gasteiger charge is 2.35. The number of hydrogen-bond donors (Lipinski definition) is 1. The molecule has 0 radical (unpaired) electrons. The highest BCUT2D eigenvalue weighted by molar-refractivity contribution is 5.87. The second kappa shape index (κ2) is 5.90. The molecule has 2 unspecified atom stereocenters. The molecule has 5 nitrogen and oxygen atoms in total. The van der Waals surface area contributed by atoms with Gasteiger partial charge in [-0.1, -0.05) is 6.42 Å². The van der Waals surface area contributed by atoms with Gasteiger partial charge in [0.05, 0.1) is 6.10 Å². The number of aliphatic hydroxyl groups excluding tert-OH is 1. The van der Waals surface area contributed by atoms with E-state index in [2.05, 4.69) is 0 Å². The van der Waals surface area contributed by atoms with Gasteiger partial charge in [0.1, 0.15) is 6.04 Å². The molecule has 2 aliphatic rings. The number of carbonyl (C=O) groups is 2. The van der Waals surface area contributed by atoms with E-state index in [4.69, 9.17) is 0 Å². The summed E-state index contributed by atoms with van der Waals surface area (Å²) in [7, 11) is 1.78. The molecule has 1 aliphatic heterocycles. The first-order valence-corrected chi connectivity index (χ1v) is 7.21. The van der Waals surface area contributed by atoms with Crippen LogP contribution in [-0.2, 0) is 9.59 Å². The number of hydrogen-bond acceptors (Lipinski definition) is 3. The molecule has 108 valence electrons. The summed E-state index contributed by atoms with van der Waals surface area (Å²) in [6.45, 7) is 2.81. The van der Waals surface area contributed by atoms with Crippen molar-refractivity contribution < 1.29 is 14.7 Å². The zero-order valence-electron chi connectivity index (χ0n) is 11.8. The lowest BCUT2D eigenvalue weighted by Gasteiger charge is -2.29. The van der Waals surface area contributed by atoms with Gasteiger partial charge in [-0.15, -0.1) is 0 Å². The first-order valence-electron chi connectivity index (χ1n) is 7.21. The van der Waals surface area contributed by atoms with Gasteiger partial charge in [0.25, 0.3) is 0 Å². The molecular formula is C14H24N2O3. The average Bonchev–Trinajstić information content (AvgIpc) is 2.98. The Morgan fingerprint density at radius 2 is 2.00 bits per heavy atom. The van der Waals surface area contributed by atoms with Crippen LogP contribution in [0.2, 0.25) is 0 Å². The smallest absolute Gasteiger partial charge is 0.245 e. The molecule has 2 rings (SSSR count). The SMILES string of the molecule is CC(=O)N1CCC[C@H]1C(=O)N(C)CC1CCCC1O. The Labute approximate surface area is 114 Å². The van der Waals surface area contributed by atoms with E-state index in [0.717, 1.165) is 32.1 Å². The molecule has 3 atom stereocenters. The predicted molar refractivity (Wildman–Crippen MR) is 71.4 cm³/mol. The fourth-order valence-corrected chi connectivity index (χ4v) is 3.33. The lowest BCUT2D eigenvalue weighted by molar-refractivity contribution is -0.142. The molecule has 1 saturated heterocycles. The van der Waals surface area contributed by atoms with E-state index < -0.39 is 0 Å². The van der Waals surface area contributed by atoms with Crippen molar-refractivity contribution in [1.82, 2.24) is 9.80 Å². The maximum Gasteiger partial charge on any atom is 0.245 e. The third kappa shape index (κ3) is 3.08. The van der Waals surface area contributed by atoms with Crippen LogP contribution >= 0.6 is 0 Å². The molecule has 1 aliphatic carbocycles. The minimum Gasteiger partial charge on any atom is -0.393 e. The van der Waals surface area contributed by atoms with Crippen molar-refractivity contribution in [3.05, 3.63) is 0 Å². The maximum atomic E-state index is 12.4. The van der Waals surface area contributed by atoms with Gasteiger partial charge in [-0.3, -0.25) is 9.59 Å². The highest BCUT2D eigenvalue weighted by Crippen LogP contribution is 2.27. The molecule has 5 heteroatoms. The maximum absolute atomic E-state index is 12.4. The third-order valence-corrected chi connectivity index (χ3v) is 4.45. The number of amides is 2. The first kappa shape index (κ1) is 14.3. The second-order valence-electron chi connectivity index (χ2n) is 5.85. The van der Waals surface area contributed by atoms with Gasteiger partial charge in [0.2, 0.25) is 11.8 Å². The quantitative estimate of drug-likeness (QED) is 0.816. The fraction of sp³-hybridized carbons (Fsp3) is 0.857. The summed E-state index contributed by atoms with van der Waals surface area (Å²) in [6, 6.07) is -0.291. The van der Waals surface area contributed by atoms with Crippen LogP contribution in [0.3, 0.4) is 0 Å². The zero-order valence-corrected chi connectivity index (χ0v) is 11.8. The van der Waals surface area contributed by atoms with Crippen LogP contribution in [0.25, 0.3) is 0 Å². The Hall–Kier alpha value is -1.10. The van der Waals surface area contributed by atoms with Crippen LogP contribution in [0.1, 0.15) is 39.0 Å². The standard InChI is InChI=1S/C14H24N2O3/c1-10(17)16-8-4-6-12(16)14(19)15(2)9-11-5-3-7-13(11)18/h11-13,18H,3-9H2,1-2H3/t11?,12-,13?/m0/s1. The van der Waals surface area contributed by atoms with Gasteiger partial charge in [-0.2, -0.15) is 0 Å². The third-order valence-electron chi connectivity index (χ3n) is 4.45. The molecule has 1 heterocycles. The Morgan fingerprint density at radius 3 is 2.58 bits per heavy atom. The van der Waals surface area contributed by atoms with E-state index in [0.29, 0.717) is 13.1 Å². The van der Waals surface area contributed by atoms with Gasteiger partial charge >= 0.3 is 0 Å². The average molecular weight is 268 g/mol. The van der Waals surface area contributed by atoms with Gasteiger partial charge in [-0.05, 0) is 25.7 Å². The Morgan fingerprint density at radius 1 is 1.26 bits per heavy atom. The van der Waals surface area contributed by atoms with E-state index in [1.165, 1.54) is 6.92 Å². The van der Waals surface area contributed by atoms with Gasteiger partial charge in [-0.25, -0.2) is 0 Å². The summed E-state index contributed by atoms with van der Waals surface area (Å²) in [5, 5.41) is 9.82. The summed E-state index contributed by atoms with van der Waals surface area (Å²) in [4.78, 5) is 27.3. The van der Waals surface area contributed by atoms with Crippen molar-refractivity contribution in [3.63, 3.8) is 0 Å². The van der Waals surface area contributed by atoms with Gasteiger partial charge < -0.3 is 14.9 Å². The van der Waals surface area contributed by atoms with Crippen LogP contribution in [-0.4, -0.2) is 59.0 Å². The Balaban J connectivity index is 1.93. The summed E-state index contributed by atoms with van der Waals surface area (Å²) in [6.07, 6.45) is 4.25. The van der Waals surface area contributed by atoms with Crippen molar-refractivity contribution in [2.75, 3.05) is 20.1 Å². The van der Waals surface area contributed by atoms with Gasteiger partial charge in [0.15, 0.2) is 0 Å². The molecule has 0 aromatic heterocycles. The van der Waals surface area contributed by atoms with Gasteiger partial charge in [0, 0.05) is 33.0 Å². The molecule has 0 bridgehead atoms. The van der Waals surface area contributed by atoms with Crippen molar-refractivity contribution in [3.8, 4) is 0 Å². The molecular weight excluding hydrogens is 244 g/mol. The van der Waals surface area contributed by atoms with Crippen LogP contribution < -0.4 is 0 Å². The van der Waals surface area contributed by atoms with E-state index in [9.17, 15) is 14.7 Å². The van der Waals surface area contributed by atoms with E-state index in [1.807, 2.05) is 0 Å². The van der Waals surface area contributed by atoms with E-state index in [-0.39, 0.29) is 29.9 Å². The summed E-state index contributed by atoms with van der Waals surface area (Å²) in [5.74, 6) is 0.193. The summed E-state index contributed by atoms with van der Waals surface area (Å²) in [5.41, 5.74) is 0. The molecule has 2 fully saturated rings.